The quantitative estimate of drug-likeness (QED) is 0.793. The zero-order valence-electron chi connectivity index (χ0n) is 11.8. The number of rotatable bonds is 7. The van der Waals surface area contributed by atoms with E-state index in [1.165, 1.54) is 30.4 Å². The summed E-state index contributed by atoms with van der Waals surface area (Å²) in [7, 11) is 0. The molecule has 0 saturated heterocycles. The Balaban J connectivity index is 1.99. The minimum Gasteiger partial charge on any atom is -0.493 e. The molecule has 0 heterocycles. The molecule has 0 bridgehead atoms. The van der Waals surface area contributed by atoms with Gasteiger partial charge >= 0.3 is 0 Å². The van der Waals surface area contributed by atoms with Crippen molar-refractivity contribution in [1.29, 1.82) is 0 Å². The van der Waals surface area contributed by atoms with Crippen molar-refractivity contribution in [1.82, 2.24) is 5.32 Å². The van der Waals surface area contributed by atoms with E-state index >= 15 is 0 Å². The Labute approximate surface area is 111 Å². The zero-order valence-corrected chi connectivity index (χ0v) is 11.8. The number of aryl methyl sites for hydroxylation is 1. The number of hydrogen-bond acceptors (Lipinski definition) is 2. The molecule has 0 aromatic heterocycles. The second-order valence-electron chi connectivity index (χ2n) is 5.54. The Morgan fingerprint density at radius 2 is 2.17 bits per heavy atom. The summed E-state index contributed by atoms with van der Waals surface area (Å²) in [5.74, 6) is 1.71. The molecule has 0 radical (unpaired) electrons. The molecule has 1 unspecified atom stereocenters. The molecule has 2 heteroatoms. The minimum absolute atomic E-state index is 0.619. The Kier molecular flexibility index (Phi) is 4.65. The van der Waals surface area contributed by atoms with Crippen LogP contribution in [0.4, 0.5) is 0 Å². The predicted molar refractivity (Wildman–Crippen MR) is 76.0 cm³/mol. The van der Waals surface area contributed by atoms with Gasteiger partial charge in [0, 0.05) is 18.2 Å². The molecule has 1 fully saturated rings. The van der Waals surface area contributed by atoms with Gasteiger partial charge in [-0.25, -0.2) is 0 Å². The highest BCUT2D eigenvalue weighted by molar-refractivity contribution is 5.40. The van der Waals surface area contributed by atoms with E-state index < -0.39 is 0 Å². The maximum atomic E-state index is 6.03. The summed E-state index contributed by atoms with van der Waals surface area (Å²) in [5.41, 5.74) is 2.54. The van der Waals surface area contributed by atoms with E-state index in [0.717, 1.165) is 24.9 Å². The van der Waals surface area contributed by atoms with Crippen LogP contribution in [0, 0.1) is 12.8 Å². The van der Waals surface area contributed by atoms with Gasteiger partial charge in [0.1, 0.15) is 5.75 Å². The fraction of sp³-hybridized carbons (Fsp3) is 0.625. The topological polar surface area (TPSA) is 21.3 Å². The first-order valence-corrected chi connectivity index (χ1v) is 7.15. The maximum absolute atomic E-state index is 6.03. The number of ether oxygens (including phenoxy) is 1. The summed E-state index contributed by atoms with van der Waals surface area (Å²) < 4.78 is 6.03. The van der Waals surface area contributed by atoms with E-state index in [1.54, 1.807) is 0 Å². The number of para-hydroxylation sites is 1. The van der Waals surface area contributed by atoms with Crippen LogP contribution in [0.1, 0.15) is 44.2 Å². The molecule has 1 aliphatic carbocycles. The lowest BCUT2D eigenvalue weighted by molar-refractivity contribution is 0.252. The Morgan fingerprint density at radius 1 is 1.39 bits per heavy atom. The van der Waals surface area contributed by atoms with E-state index in [9.17, 15) is 0 Å². The summed E-state index contributed by atoms with van der Waals surface area (Å²) in [6.45, 7) is 8.33. The molecular formula is C16H25NO. The summed E-state index contributed by atoms with van der Waals surface area (Å²) >= 11 is 0. The Hall–Kier alpha value is -1.02. The zero-order chi connectivity index (χ0) is 13.0. The lowest BCUT2D eigenvalue weighted by atomic mass is 10.1. The molecule has 1 aromatic carbocycles. The van der Waals surface area contributed by atoms with Gasteiger partial charge in [0.2, 0.25) is 0 Å². The van der Waals surface area contributed by atoms with Crippen LogP contribution in [0.25, 0.3) is 0 Å². The average molecular weight is 247 g/mol. The molecule has 18 heavy (non-hydrogen) atoms. The van der Waals surface area contributed by atoms with Gasteiger partial charge < -0.3 is 10.1 Å². The first kappa shape index (κ1) is 13.4. The third-order valence-electron chi connectivity index (χ3n) is 3.66. The molecule has 2 nitrogen and oxygen atoms in total. The highest BCUT2D eigenvalue weighted by Gasteiger charge is 2.20. The number of benzene rings is 1. The second kappa shape index (κ2) is 6.24. The van der Waals surface area contributed by atoms with Crippen LogP contribution >= 0.6 is 0 Å². The predicted octanol–water partition coefficient (Wildman–Crippen LogP) is 3.67. The highest BCUT2D eigenvalue weighted by Crippen LogP contribution is 2.26. The molecule has 1 aliphatic rings. The molecule has 1 saturated carbocycles. The van der Waals surface area contributed by atoms with E-state index in [2.05, 4.69) is 44.3 Å². The first-order chi connectivity index (χ1) is 8.70. The number of hydrogen-bond donors (Lipinski definition) is 1. The minimum atomic E-state index is 0.619. The van der Waals surface area contributed by atoms with Gasteiger partial charge in [-0.3, -0.25) is 0 Å². The third kappa shape index (κ3) is 3.74. The fourth-order valence-electron chi connectivity index (χ4n) is 1.94. The molecular weight excluding hydrogens is 222 g/mol. The van der Waals surface area contributed by atoms with Crippen LogP contribution in [-0.2, 0) is 6.54 Å². The van der Waals surface area contributed by atoms with E-state index in [4.69, 9.17) is 4.74 Å². The van der Waals surface area contributed by atoms with Gasteiger partial charge in [-0.05, 0) is 31.2 Å². The third-order valence-corrected chi connectivity index (χ3v) is 3.66. The average Bonchev–Trinajstić information content (AvgIpc) is 3.18. The normalized spacial score (nSPS) is 16.6. The molecule has 2 rings (SSSR count). The smallest absolute Gasteiger partial charge is 0.126 e. The molecule has 1 N–H and O–H groups in total. The van der Waals surface area contributed by atoms with Gasteiger partial charge in [0.25, 0.3) is 0 Å². The van der Waals surface area contributed by atoms with Crippen molar-refractivity contribution in [3.05, 3.63) is 29.3 Å². The molecule has 0 aliphatic heterocycles. The Morgan fingerprint density at radius 3 is 2.83 bits per heavy atom. The van der Waals surface area contributed by atoms with Crippen LogP contribution in [0.5, 0.6) is 5.75 Å². The lowest BCUT2D eigenvalue weighted by Crippen LogP contribution is -2.17. The monoisotopic (exact) mass is 247 g/mol. The van der Waals surface area contributed by atoms with Gasteiger partial charge in [-0.15, -0.1) is 0 Å². The van der Waals surface area contributed by atoms with E-state index in [1.807, 2.05) is 0 Å². The molecule has 0 amide bonds. The summed E-state index contributed by atoms with van der Waals surface area (Å²) in [4.78, 5) is 0. The standard InChI is InChI=1S/C16H25NO/c1-4-12(2)11-18-16-13(3)6-5-7-14(16)10-17-15-8-9-15/h5-7,12,15,17H,4,8-11H2,1-3H3. The van der Waals surface area contributed by atoms with Crippen molar-refractivity contribution in [3.63, 3.8) is 0 Å². The second-order valence-corrected chi connectivity index (χ2v) is 5.54. The van der Waals surface area contributed by atoms with Crippen LogP contribution in [-0.4, -0.2) is 12.6 Å². The molecule has 0 spiro atoms. The summed E-state index contributed by atoms with van der Waals surface area (Å²) in [5, 5.41) is 3.56. The van der Waals surface area contributed by atoms with Crippen molar-refractivity contribution in [2.24, 2.45) is 5.92 Å². The van der Waals surface area contributed by atoms with Crippen LogP contribution in [0.15, 0.2) is 18.2 Å². The van der Waals surface area contributed by atoms with Crippen molar-refractivity contribution in [2.75, 3.05) is 6.61 Å². The molecule has 1 atom stereocenters. The lowest BCUT2D eigenvalue weighted by Gasteiger charge is -2.17. The Bertz CT molecular complexity index is 385. The number of nitrogens with one attached hydrogen (secondary N) is 1. The van der Waals surface area contributed by atoms with Crippen LogP contribution in [0.2, 0.25) is 0 Å². The van der Waals surface area contributed by atoms with Crippen LogP contribution < -0.4 is 10.1 Å². The van der Waals surface area contributed by atoms with Gasteiger partial charge in [-0.2, -0.15) is 0 Å². The molecule has 1 aromatic rings. The summed E-state index contributed by atoms with van der Waals surface area (Å²) in [6, 6.07) is 7.17. The SMILES string of the molecule is CCC(C)COc1c(C)cccc1CNC1CC1. The maximum Gasteiger partial charge on any atom is 0.126 e. The van der Waals surface area contributed by atoms with Crippen molar-refractivity contribution >= 4 is 0 Å². The van der Waals surface area contributed by atoms with Crippen molar-refractivity contribution < 1.29 is 4.74 Å². The largest absolute Gasteiger partial charge is 0.493 e. The van der Waals surface area contributed by atoms with E-state index in [-0.39, 0.29) is 0 Å². The van der Waals surface area contributed by atoms with Crippen LogP contribution in [0.3, 0.4) is 0 Å². The summed E-state index contributed by atoms with van der Waals surface area (Å²) in [6.07, 6.45) is 3.82. The highest BCUT2D eigenvalue weighted by atomic mass is 16.5. The van der Waals surface area contributed by atoms with Gasteiger partial charge in [0.05, 0.1) is 6.61 Å². The van der Waals surface area contributed by atoms with Crippen molar-refractivity contribution in [2.45, 2.75) is 52.6 Å². The first-order valence-electron chi connectivity index (χ1n) is 7.15. The van der Waals surface area contributed by atoms with E-state index in [0.29, 0.717) is 5.92 Å². The fourth-order valence-corrected chi connectivity index (χ4v) is 1.94. The van der Waals surface area contributed by atoms with Gasteiger partial charge in [-0.1, -0.05) is 38.5 Å². The van der Waals surface area contributed by atoms with Crippen molar-refractivity contribution in [3.8, 4) is 5.75 Å². The van der Waals surface area contributed by atoms with Gasteiger partial charge in [0.15, 0.2) is 0 Å². The molecule has 100 valence electrons.